The van der Waals surface area contributed by atoms with E-state index in [4.69, 9.17) is 5.26 Å². The van der Waals surface area contributed by atoms with Gasteiger partial charge in [0.1, 0.15) is 0 Å². The first-order chi connectivity index (χ1) is 15.3. The number of nitrogens with zero attached hydrogens (tertiary/aromatic N) is 4. The smallest absolute Gasteiger partial charge is 0.295 e. The minimum atomic E-state index is -0.391. The lowest BCUT2D eigenvalue weighted by molar-refractivity contribution is 0.101. The van der Waals surface area contributed by atoms with Crippen molar-refractivity contribution in [3.05, 3.63) is 83.3 Å². The first-order valence-electron chi connectivity index (χ1n) is 10.0. The van der Waals surface area contributed by atoms with Crippen molar-refractivity contribution in [1.82, 2.24) is 15.0 Å². The quantitative estimate of drug-likeness (QED) is 0.441. The summed E-state index contributed by atoms with van der Waals surface area (Å²) in [5.74, 6) is -0.282. The van der Waals surface area contributed by atoms with Crippen LogP contribution in [-0.2, 0) is 5.41 Å². The lowest BCUT2D eigenvalue weighted by Gasteiger charge is -2.17. The summed E-state index contributed by atoms with van der Waals surface area (Å²) in [6, 6.07) is 17.6. The first-order valence-corrected chi connectivity index (χ1v) is 10.9. The van der Waals surface area contributed by atoms with Crippen LogP contribution in [0.15, 0.2) is 66.3 Å². The molecule has 0 unspecified atom stereocenters. The van der Waals surface area contributed by atoms with Crippen LogP contribution in [0.3, 0.4) is 0 Å². The molecule has 1 amide bonds. The highest BCUT2D eigenvalue weighted by molar-refractivity contribution is 7.14. The molecule has 0 spiro atoms. The Morgan fingerprint density at radius 3 is 2.34 bits per heavy atom. The molecule has 32 heavy (non-hydrogen) atoms. The van der Waals surface area contributed by atoms with E-state index in [-0.39, 0.29) is 11.2 Å². The highest BCUT2D eigenvalue weighted by atomic mass is 32.1. The van der Waals surface area contributed by atoms with Crippen LogP contribution in [0.1, 0.15) is 42.5 Å². The molecule has 0 bridgehead atoms. The van der Waals surface area contributed by atoms with E-state index in [1.54, 1.807) is 24.5 Å². The second-order valence-corrected chi connectivity index (χ2v) is 9.17. The maximum atomic E-state index is 12.5. The van der Waals surface area contributed by atoms with Crippen molar-refractivity contribution >= 4 is 22.4 Å². The van der Waals surface area contributed by atoms with E-state index in [9.17, 15) is 4.79 Å². The summed E-state index contributed by atoms with van der Waals surface area (Å²) in [6.45, 7) is 6.21. The molecule has 7 heteroatoms. The van der Waals surface area contributed by atoms with E-state index in [2.05, 4.69) is 47.1 Å². The van der Waals surface area contributed by atoms with Crippen LogP contribution in [-0.4, -0.2) is 20.9 Å². The number of anilines is 1. The summed E-state index contributed by atoms with van der Waals surface area (Å²) in [5.41, 5.74) is 5.27. The third-order valence-corrected chi connectivity index (χ3v) is 5.71. The van der Waals surface area contributed by atoms with Crippen LogP contribution in [0.4, 0.5) is 5.13 Å². The summed E-state index contributed by atoms with van der Waals surface area (Å²) in [6.07, 6.45) is 3.37. The molecule has 158 valence electrons. The van der Waals surface area contributed by atoms with Gasteiger partial charge in [-0.05, 0) is 40.3 Å². The average molecular weight is 440 g/mol. The fourth-order valence-corrected chi connectivity index (χ4v) is 3.76. The van der Waals surface area contributed by atoms with E-state index in [0.717, 1.165) is 27.9 Å². The third kappa shape index (κ3) is 4.71. The Bertz CT molecular complexity index is 1300. The Hall–Kier alpha value is -3.89. The summed E-state index contributed by atoms with van der Waals surface area (Å²) in [5, 5.41) is 14.1. The van der Waals surface area contributed by atoms with Crippen molar-refractivity contribution < 1.29 is 4.79 Å². The van der Waals surface area contributed by atoms with Crippen LogP contribution >= 0.6 is 11.3 Å². The molecule has 2 heterocycles. The Morgan fingerprint density at radius 1 is 1.00 bits per heavy atom. The minimum absolute atomic E-state index is 0.0779. The van der Waals surface area contributed by atoms with Crippen molar-refractivity contribution in [3.63, 3.8) is 0 Å². The molecule has 0 saturated carbocycles. The number of aromatic nitrogens is 3. The predicted octanol–water partition coefficient (Wildman–Crippen LogP) is 5.69. The van der Waals surface area contributed by atoms with E-state index in [0.29, 0.717) is 10.7 Å². The van der Waals surface area contributed by atoms with E-state index in [1.807, 2.05) is 41.8 Å². The number of hydrogen-bond donors (Lipinski definition) is 1. The summed E-state index contributed by atoms with van der Waals surface area (Å²) in [7, 11) is 0. The molecule has 2 aromatic carbocycles. The van der Waals surface area contributed by atoms with E-state index in [1.165, 1.54) is 11.3 Å². The Labute approximate surface area is 190 Å². The molecule has 0 saturated heterocycles. The van der Waals surface area contributed by atoms with Crippen LogP contribution in [0.2, 0.25) is 0 Å². The Balaban J connectivity index is 1.50. The maximum absolute atomic E-state index is 12.5. The molecule has 0 atom stereocenters. The molecular formula is C25H21N5OS. The molecule has 0 aliphatic carbocycles. The molecule has 4 rings (SSSR count). The number of thiazole rings is 1. The number of hydrogen-bond acceptors (Lipinski definition) is 6. The first kappa shape index (κ1) is 21.3. The zero-order valence-corrected chi connectivity index (χ0v) is 18.8. The maximum Gasteiger partial charge on any atom is 0.295 e. The van der Waals surface area contributed by atoms with Gasteiger partial charge in [0.2, 0.25) is 5.82 Å². The van der Waals surface area contributed by atoms with E-state index < -0.39 is 5.91 Å². The molecular weight excluding hydrogens is 418 g/mol. The minimum Gasteiger partial charge on any atom is -0.295 e. The van der Waals surface area contributed by atoms with Crippen molar-refractivity contribution in [1.29, 1.82) is 5.26 Å². The van der Waals surface area contributed by atoms with Gasteiger partial charge in [-0.2, -0.15) is 5.26 Å². The lowest BCUT2D eigenvalue weighted by Crippen LogP contribution is -2.18. The monoisotopic (exact) mass is 439 g/mol. The van der Waals surface area contributed by atoms with Gasteiger partial charge in [-0.3, -0.25) is 10.1 Å². The highest BCUT2D eigenvalue weighted by Gasteiger charge is 2.17. The number of carbonyl (C=O) groups is 1. The van der Waals surface area contributed by atoms with Crippen LogP contribution in [0.5, 0.6) is 0 Å². The van der Waals surface area contributed by atoms with Gasteiger partial charge in [-0.15, -0.1) is 11.3 Å². The van der Waals surface area contributed by atoms with Crippen LogP contribution in [0.25, 0.3) is 22.4 Å². The number of amides is 1. The number of rotatable bonds is 4. The number of benzene rings is 2. The SMILES string of the molecule is CC(C)(C)c1cnc(C(=O)Nc2nc(-c3cccc(-c4ccc(C#N)cc4)c3)cs2)nc1. The standard InChI is InChI=1S/C25H21N5OS/c1-25(2,3)20-13-27-22(28-14-20)23(31)30-24-29-21(15-32-24)19-6-4-5-18(11-19)17-9-7-16(12-26)8-10-17/h4-11,13-15H,1-3H3,(H,29,30,31). The fraction of sp³-hybridized carbons (Fsp3) is 0.160. The van der Waals surface area contributed by atoms with Crippen LogP contribution in [0, 0.1) is 11.3 Å². The highest BCUT2D eigenvalue weighted by Crippen LogP contribution is 2.29. The van der Waals surface area contributed by atoms with Crippen molar-refractivity contribution in [2.24, 2.45) is 0 Å². The molecule has 0 aliphatic heterocycles. The topological polar surface area (TPSA) is 91.6 Å². The largest absolute Gasteiger partial charge is 0.295 e. The molecule has 2 aromatic heterocycles. The molecule has 6 nitrogen and oxygen atoms in total. The normalized spacial score (nSPS) is 11.1. The zero-order chi connectivity index (χ0) is 22.7. The molecule has 0 radical (unpaired) electrons. The summed E-state index contributed by atoms with van der Waals surface area (Å²) >= 11 is 1.35. The third-order valence-electron chi connectivity index (χ3n) is 4.95. The van der Waals surface area contributed by atoms with Gasteiger partial charge in [0.05, 0.1) is 17.3 Å². The summed E-state index contributed by atoms with van der Waals surface area (Å²) < 4.78 is 0. The van der Waals surface area contributed by atoms with Gasteiger partial charge in [0, 0.05) is 23.3 Å². The lowest BCUT2D eigenvalue weighted by atomic mass is 9.89. The van der Waals surface area contributed by atoms with Gasteiger partial charge < -0.3 is 0 Å². The molecule has 1 N–H and O–H groups in total. The Kier molecular flexibility index (Phi) is 5.80. The zero-order valence-electron chi connectivity index (χ0n) is 18.0. The fourth-order valence-electron chi connectivity index (χ4n) is 3.04. The van der Waals surface area contributed by atoms with Crippen molar-refractivity contribution in [2.45, 2.75) is 26.2 Å². The van der Waals surface area contributed by atoms with Gasteiger partial charge in [0.15, 0.2) is 5.13 Å². The predicted molar refractivity (Wildman–Crippen MR) is 126 cm³/mol. The number of nitriles is 1. The molecule has 0 fully saturated rings. The number of carbonyl (C=O) groups excluding carboxylic acids is 1. The van der Waals surface area contributed by atoms with Crippen molar-refractivity contribution in [2.75, 3.05) is 5.32 Å². The van der Waals surface area contributed by atoms with Gasteiger partial charge in [0.25, 0.3) is 5.91 Å². The van der Waals surface area contributed by atoms with E-state index >= 15 is 0 Å². The van der Waals surface area contributed by atoms with Gasteiger partial charge in [-0.1, -0.05) is 51.1 Å². The molecule has 0 aliphatic rings. The van der Waals surface area contributed by atoms with Gasteiger partial charge in [-0.25, -0.2) is 15.0 Å². The number of nitrogens with one attached hydrogen (secondary N) is 1. The second-order valence-electron chi connectivity index (χ2n) is 8.31. The van der Waals surface area contributed by atoms with Crippen molar-refractivity contribution in [3.8, 4) is 28.5 Å². The molecule has 4 aromatic rings. The van der Waals surface area contributed by atoms with Gasteiger partial charge >= 0.3 is 0 Å². The van der Waals surface area contributed by atoms with Crippen LogP contribution < -0.4 is 5.32 Å². The second kappa shape index (κ2) is 8.69. The summed E-state index contributed by atoms with van der Waals surface area (Å²) in [4.78, 5) is 25.5. The Morgan fingerprint density at radius 2 is 1.69 bits per heavy atom. The average Bonchev–Trinajstić information content (AvgIpc) is 3.27.